The maximum Gasteiger partial charge on any atom is 0.262 e. The lowest BCUT2D eigenvalue weighted by Crippen LogP contribution is -2.24. The molecule has 178 valence electrons. The van der Waals surface area contributed by atoms with E-state index in [1.807, 2.05) is 48.5 Å². The molecule has 36 heavy (non-hydrogen) atoms. The van der Waals surface area contributed by atoms with Gasteiger partial charge in [0.05, 0.1) is 11.4 Å². The number of ether oxygens (including phenoxy) is 1. The van der Waals surface area contributed by atoms with Crippen molar-refractivity contribution in [2.24, 2.45) is 0 Å². The maximum absolute atomic E-state index is 13.9. The molecule has 0 aliphatic carbocycles. The first-order valence-electron chi connectivity index (χ1n) is 11.2. The molecule has 1 N–H and O–H groups in total. The number of rotatable bonds is 9. The van der Waals surface area contributed by atoms with Gasteiger partial charge in [0.2, 0.25) is 0 Å². The first kappa shape index (κ1) is 24.2. The molecular weight excluding hydrogens is 455 g/mol. The summed E-state index contributed by atoms with van der Waals surface area (Å²) >= 11 is 0. The van der Waals surface area contributed by atoms with Crippen LogP contribution in [-0.4, -0.2) is 22.2 Å². The van der Waals surface area contributed by atoms with Gasteiger partial charge in [0, 0.05) is 29.4 Å². The summed E-state index contributed by atoms with van der Waals surface area (Å²) < 4.78 is 21.3. The summed E-state index contributed by atoms with van der Waals surface area (Å²) in [4.78, 5) is 12.4. The van der Waals surface area contributed by atoms with E-state index in [9.17, 15) is 14.4 Å². The van der Waals surface area contributed by atoms with Crippen molar-refractivity contribution >= 4 is 12.0 Å². The number of hydrogen-bond donors (Lipinski definition) is 1. The third-order valence-corrected chi connectivity index (χ3v) is 5.32. The fraction of sp³-hybridized carbons (Fsp3) is 0.0690. The van der Waals surface area contributed by atoms with Crippen molar-refractivity contribution in [1.29, 1.82) is 5.26 Å². The van der Waals surface area contributed by atoms with E-state index in [4.69, 9.17) is 9.84 Å². The van der Waals surface area contributed by atoms with Gasteiger partial charge in [0.25, 0.3) is 5.91 Å². The Balaban J connectivity index is 1.65. The van der Waals surface area contributed by atoms with Gasteiger partial charge in [-0.05, 0) is 48.5 Å². The predicted octanol–water partition coefficient (Wildman–Crippen LogP) is 5.47. The van der Waals surface area contributed by atoms with Gasteiger partial charge in [-0.2, -0.15) is 10.4 Å². The Morgan fingerprint density at radius 2 is 1.81 bits per heavy atom. The molecule has 4 aromatic rings. The number of nitrogens with one attached hydrogen (secondary N) is 1. The third kappa shape index (κ3) is 5.75. The molecule has 6 nitrogen and oxygen atoms in total. The first-order valence-corrected chi connectivity index (χ1v) is 11.2. The molecule has 0 atom stereocenters. The van der Waals surface area contributed by atoms with E-state index in [-0.39, 0.29) is 24.5 Å². The monoisotopic (exact) mass is 478 g/mol. The highest BCUT2D eigenvalue weighted by Crippen LogP contribution is 2.28. The lowest BCUT2D eigenvalue weighted by molar-refractivity contribution is -0.116. The van der Waals surface area contributed by atoms with Gasteiger partial charge in [-0.25, -0.2) is 9.07 Å². The minimum Gasteiger partial charge on any atom is -0.489 e. The normalized spacial score (nSPS) is 10.9. The number of amides is 1. The Hall–Kier alpha value is -4.96. The van der Waals surface area contributed by atoms with Crippen LogP contribution >= 0.6 is 0 Å². The zero-order valence-corrected chi connectivity index (χ0v) is 19.4. The summed E-state index contributed by atoms with van der Waals surface area (Å²) in [5, 5.41) is 16.9. The number of halogens is 1. The largest absolute Gasteiger partial charge is 0.489 e. The standard InChI is InChI=1S/C29H23FN4O2/c1-2-16-32-29(35)23(18-31)17-24-19-34(25-9-4-3-5-10-25)33-28(24)21-12-14-26(15-13-21)36-20-22-8-6-7-11-27(22)30/h2-15,17,19H,1,16,20H2,(H,32,35)/b23-17-. The Kier molecular flexibility index (Phi) is 7.69. The number of benzene rings is 3. The van der Waals surface area contributed by atoms with Gasteiger partial charge in [0.1, 0.15) is 29.8 Å². The highest BCUT2D eigenvalue weighted by Gasteiger charge is 2.15. The third-order valence-electron chi connectivity index (χ3n) is 5.32. The molecule has 7 heteroatoms. The predicted molar refractivity (Wildman–Crippen MR) is 137 cm³/mol. The molecule has 0 radical (unpaired) electrons. The first-order chi connectivity index (χ1) is 17.6. The molecule has 0 bridgehead atoms. The highest BCUT2D eigenvalue weighted by molar-refractivity contribution is 6.02. The highest BCUT2D eigenvalue weighted by atomic mass is 19.1. The van der Waals surface area contributed by atoms with Crippen molar-refractivity contribution in [3.05, 3.63) is 120 Å². The Morgan fingerprint density at radius 3 is 2.50 bits per heavy atom. The number of carbonyl (C=O) groups excluding carboxylic acids is 1. The molecule has 0 saturated carbocycles. The van der Waals surface area contributed by atoms with E-state index in [0.717, 1.165) is 11.3 Å². The van der Waals surface area contributed by atoms with Crippen molar-refractivity contribution in [2.75, 3.05) is 6.54 Å². The van der Waals surface area contributed by atoms with Crippen LogP contribution in [0.15, 0.2) is 103 Å². The molecule has 1 aromatic heterocycles. The van der Waals surface area contributed by atoms with Crippen LogP contribution in [0.25, 0.3) is 23.0 Å². The van der Waals surface area contributed by atoms with E-state index in [2.05, 4.69) is 11.9 Å². The number of hydrogen-bond acceptors (Lipinski definition) is 4. The summed E-state index contributed by atoms with van der Waals surface area (Å²) in [5.74, 6) is -0.238. The molecule has 0 unspecified atom stereocenters. The molecule has 4 rings (SSSR count). The molecule has 0 spiro atoms. The Labute approximate surface area is 208 Å². The lowest BCUT2D eigenvalue weighted by Gasteiger charge is -2.08. The fourth-order valence-electron chi connectivity index (χ4n) is 3.48. The van der Waals surface area contributed by atoms with Crippen molar-refractivity contribution in [3.8, 4) is 28.8 Å². The number of para-hydroxylation sites is 1. The van der Waals surface area contributed by atoms with Gasteiger partial charge in [-0.3, -0.25) is 4.79 Å². The Morgan fingerprint density at radius 1 is 1.08 bits per heavy atom. The van der Waals surface area contributed by atoms with Crippen LogP contribution in [0.3, 0.4) is 0 Å². The van der Waals surface area contributed by atoms with Crippen LogP contribution < -0.4 is 10.1 Å². The van der Waals surface area contributed by atoms with E-state index >= 15 is 0 Å². The minimum atomic E-state index is -0.493. The van der Waals surface area contributed by atoms with Crippen molar-refractivity contribution in [2.45, 2.75) is 6.61 Å². The quantitative estimate of drug-likeness (QED) is 0.197. The average Bonchev–Trinajstić information content (AvgIpc) is 3.34. The number of aromatic nitrogens is 2. The van der Waals surface area contributed by atoms with Crippen LogP contribution in [0.5, 0.6) is 5.75 Å². The molecule has 3 aromatic carbocycles. The van der Waals surface area contributed by atoms with Gasteiger partial charge < -0.3 is 10.1 Å². The number of nitrogens with zero attached hydrogens (tertiary/aromatic N) is 3. The van der Waals surface area contributed by atoms with Crippen LogP contribution in [0.4, 0.5) is 4.39 Å². The number of nitriles is 1. The summed E-state index contributed by atoms with van der Waals surface area (Å²) in [5.41, 5.74) is 3.20. The summed E-state index contributed by atoms with van der Waals surface area (Å²) in [7, 11) is 0. The second-order valence-electron chi connectivity index (χ2n) is 7.79. The van der Waals surface area contributed by atoms with Gasteiger partial charge in [-0.15, -0.1) is 6.58 Å². The number of carbonyl (C=O) groups is 1. The van der Waals surface area contributed by atoms with Crippen LogP contribution in [-0.2, 0) is 11.4 Å². The molecule has 0 aliphatic heterocycles. The van der Waals surface area contributed by atoms with Crippen molar-refractivity contribution in [3.63, 3.8) is 0 Å². The summed E-state index contributed by atoms with van der Waals surface area (Å²) in [6.45, 7) is 3.93. The topological polar surface area (TPSA) is 79.9 Å². The smallest absolute Gasteiger partial charge is 0.262 e. The summed E-state index contributed by atoms with van der Waals surface area (Å²) in [6.07, 6.45) is 4.83. The molecule has 1 heterocycles. The van der Waals surface area contributed by atoms with E-state index in [1.165, 1.54) is 12.1 Å². The molecule has 0 aliphatic rings. The van der Waals surface area contributed by atoms with E-state index in [0.29, 0.717) is 22.6 Å². The summed E-state index contributed by atoms with van der Waals surface area (Å²) in [6, 6.07) is 25.2. The van der Waals surface area contributed by atoms with Crippen molar-refractivity contribution in [1.82, 2.24) is 15.1 Å². The SMILES string of the molecule is C=CCNC(=O)/C(C#N)=C\c1cn(-c2ccccc2)nc1-c1ccc(OCc2ccccc2F)cc1. The zero-order chi connectivity index (χ0) is 25.3. The van der Waals surface area contributed by atoms with Gasteiger partial charge in [-0.1, -0.05) is 42.5 Å². The van der Waals surface area contributed by atoms with E-state index in [1.54, 1.807) is 47.3 Å². The molecule has 0 fully saturated rings. The lowest BCUT2D eigenvalue weighted by atomic mass is 10.1. The van der Waals surface area contributed by atoms with Gasteiger partial charge in [0.15, 0.2) is 0 Å². The van der Waals surface area contributed by atoms with Gasteiger partial charge >= 0.3 is 0 Å². The van der Waals surface area contributed by atoms with Crippen LogP contribution in [0.1, 0.15) is 11.1 Å². The van der Waals surface area contributed by atoms with Crippen LogP contribution in [0, 0.1) is 17.1 Å². The maximum atomic E-state index is 13.9. The second-order valence-corrected chi connectivity index (χ2v) is 7.79. The minimum absolute atomic E-state index is 0.0458. The van der Waals surface area contributed by atoms with Crippen molar-refractivity contribution < 1.29 is 13.9 Å². The average molecular weight is 479 g/mol. The fourth-order valence-corrected chi connectivity index (χ4v) is 3.48. The second kappa shape index (κ2) is 11.4. The molecular formula is C29H23FN4O2. The zero-order valence-electron chi connectivity index (χ0n) is 19.4. The Bertz CT molecular complexity index is 1430. The van der Waals surface area contributed by atoms with E-state index < -0.39 is 5.91 Å². The molecule has 0 saturated heterocycles. The molecule has 1 amide bonds. The van der Waals surface area contributed by atoms with Crippen LogP contribution in [0.2, 0.25) is 0 Å².